The summed E-state index contributed by atoms with van der Waals surface area (Å²) in [5.74, 6) is 1.27. The average molecular weight is 463 g/mol. The van der Waals surface area contributed by atoms with Crippen LogP contribution in [0.3, 0.4) is 0 Å². The van der Waals surface area contributed by atoms with E-state index in [9.17, 15) is 9.36 Å². The highest BCUT2D eigenvalue weighted by atomic mass is 31.2. The van der Waals surface area contributed by atoms with Crippen molar-refractivity contribution in [2.24, 2.45) is 0 Å². The second-order valence-electron chi connectivity index (χ2n) is 7.37. The van der Waals surface area contributed by atoms with Gasteiger partial charge in [-0.15, -0.1) is 0 Å². The van der Waals surface area contributed by atoms with E-state index in [0.717, 1.165) is 24.0 Å². The summed E-state index contributed by atoms with van der Waals surface area (Å²) in [6.45, 7) is 6.90. The van der Waals surface area contributed by atoms with Crippen LogP contribution < -0.4 is 14.8 Å². The van der Waals surface area contributed by atoms with Gasteiger partial charge in [-0.2, -0.15) is 0 Å². The molecule has 2 aromatic carbocycles. The molecule has 0 spiro atoms. The van der Waals surface area contributed by atoms with Gasteiger partial charge < -0.3 is 19.3 Å². The maximum absolute atomic E-state index is 12.8. The molecule has 1 atom stereocenters. The summed E-state index contributed by atoms with van der Waals surface area (Å²) < 4.78 is 30.0. The Bertz CT molecular complexity index is 919. The molecule has 1 N–H and O–H groups in total. The molecule has 0 aromatic heterocycles. The third kappa shape index (κ3) is 6.58. The van der Waals surface area contributed by atoms with E-state index in [1.165, 1.54) is 7.11 Å². The molecule has 1 aliphatic heterocycles. The SMILES string of the molecule is CC.COc1cc(OC)cc(-c2cccc(C(=O)NC3CCN(P(C)(=O)OC)CC3)c2)c1. The van der Waals surface area contributed by atoms with E-state index in [0.29, 0.717) is 30.2 Å². The van der Waals surface area contributed by atoms with E-state index in [-0.39, 0.29) is 11.9 Å². The van der Waals surface area contributed by atoms with Gasteiger partial charge >= 0.3 is 0 Å². The van der Waals surface area contributed by atoms with Gasteiger partial charge in [0.25, 0.3) is 13.4 Å². The molecule has 1 fully saturated rings. The minimum absolute atomic E-state index is 0.0474. The number of benzene rings is 2. The molecule has 1 amide bonds. The molecule has 7 nitrogen and oxygen atoms in total. The van der Waals surface area contributed by atoms with Crippen LogP contribution in [0.25, 0.3) is 11.1 Å². The molecule has 3 rings (SSSR count). The number of hydrogen-bond acceptors (Lipinski definition) is 5. The van der Waals surface area contributed by atoms with E-state index in [4.69, 9.17) is 14.0 Å². The molecule has 1 aliphatic rings. The molecule has 0 radical (unpaired) electrons. The quantitative estimate of drug-likeness (QED) is 0.580. The summed E-state index contributed by atoms with van der Waals surface area (Å²) in [4.78, 5) is 12.8. The zero-order valence-corrected chi connectivity index (χ0v) is 20.8. The van der Waals surface area contributed by atoms with E-state index in [1.807, 2.05) is 54.9 Å². The zero-order valence-electron chi connectivity index (χ0n) is 19.9. The number of carbonyl (C=O) groups is 1. The summed E-state index contributed by atoms with van der Waals surface area (Å²) in [5, 5.41) is 3.10. The minimum atomic E-state index is -2.72. The number of nitrogens with one attached hydrogen (secondary N) is 1. The molecule has 1 saturated heterocycles. The van der Waals surface area contributed by atoms with Crippen LogP contribution in [0.15, 0.2) is 42.5 Å². The number of carbonyl (C=O) groups excluding carboxylic acids is 1. The van der Waals surface area contributed by atoms with Crippen LogP contribution >= 0.6 is 7.52 Å². The monoisotopic (exact) mass is 462 g/mol. The van der Waals surface area contributed by atoms with Crippen LogP contribution in [-0.2, 0) is 9.09 Å². The summed E-state index contributed by atoms with van der Waals surface area (Å²) in [7, 11) is 1.97. The van der Waals surface area contributed by atoms with Gasteiger partial charge in [-0.3, -0.25) is 9.36 Å². The van der Waals surface area contributed by atoms with Gasteiger partial charge in [-0.05, 0) is 48.2 Å². The Hall–Kier alpha value is -2.34. The van der Waals surface area contributed by atoms with Crippen LogP contribution in [0.1, 0.15) is 37.0 Å². The van der Waals surface area contributed by atoms with Gasteiger partial charge in [0.05, 0.1) is 14.2 Å². The number of nitrogens with zero attached hydrogens (tertiary/aromatic N) is 1. The molecule has 2 aromatic rings. The first-order chi connectivity index (χ1) is 15.4. The number of piperidine rings is 1. The number of hydrogen-bond donors (Lipinski definition) is 1. The molecule has 176 valence electrons. The number of ether oxygens (including phenoxy) is 2. The lowest BCUT2D eigenvalue weighted by Gasteiger charge is -2.34. The van der Waals surface area contributed by atoms with E-state index >= 15 is 0 Å². The molecule has 8 heteroatoms. The largest absolute Gasteiger partial charge is 0.497 e. The van der Waals surface area contributed by atoms with Crippen molar-refractivity contribution in [3.8, 4) is 22.6 Å². The van der Waals surface area contributed by atoms with Gasteiger partial charge in [-0.1, -0.05) is 26.0 Å². The molecule has 32 heavy (non-hydrogen) atoms. The Kier molecular flexibility index (Phi) is 9.76. The van der Waals surface area contributed by atoms with E-state index in [1.54, 1.807) is 27.0 Å². The lowest BCUT2D eigenvalue weighted by molar-refractivity contribution is 0.0922. The van der Waals surface area contributed by atoms with Gasteiger partial charge in [0.2, 0.25) is 0 Å². The first-order valence-electron chi connectivity index (χ1n) is 10.9. The second-order valence-corrected chi connectivity index (χ2v) is 9.91. The number of methoxy groups -OCH3 is 2. The summed E-state index contributed by atoms with van der Waals surface area (Å²) >= 11 is 0. The van der Waals surface area contributed by atoms with Crippen molar-refractivity contribution in [2.45, 2.75) is 32.7 Å². The Labute approximate surface area is 191 Å². The van der Waals surface area contributed by atoms with Crippen molar-refractivity contribution >= 4 is 13.4 Å². The minimum Gasteiger partial charge on any atom is -0.497 e. The van der Waals surface area contributed by atoms with Crippen molar-refractivity contribution in [3.63, 3.8) is 0 Å². The van der Waals surface area contributed by atoms with Crippen LogP contribution in [0, 0.1) is 0 Å². The highest BCUT2D eigenvalue weighted by Crippen LogP contribution is 2.47. The lowest BCUT2D eigenvalue weighted by atomic mass is 10.0. The maximum Gasteiger partial charge on any atom is 0.269 e. The Morgan fingerprint density at radius 2 is 1.56 bits per heavy atom. The normalized spacial score (nSPS) is 16.3. The molecule has 1 unspecified atom stereocenters. The van der Waals surface area contributed by atoms with Crippen LogP contribution in [-0.4, -0.2) is 57.7 Å². The Morgan fingerprint density at radius 1 is 0.969 bits per heavy atom. The average Bonchev–Trinajstić information content (AvgIpc) is 2.85. The van der Waals surface area contributed by atoms with Crippen molar-refractivity contribution in [2.75, 3.05) is 41.1 Å². The molecule has 0 aliphatic carbocycles. The van der Waals surface area contributed by atoms with Gasteiger partial charge in [0.1, 0.15) is 11.5 Å². The van der Waals surface area contributed by atoms with Gasteiger partial charge in [0.15, 0.2) is 0 Å². The van der Waals surface area contributed by atoms with Gasteiger partial charge in [0, 0.05) is 44.5 Å². The standard InChI is InChI=1S/C22H29N2O5P.C2H6/c1-27-20-13-18(14-21(15-20)28-2)16-6-5-7-17(12-16)22(25)23-19-8-10-24(11-9-19)30(4,26)29-3;1-2/h5-7,12-15,19H,8-11H2,1-4H3,(H,23,25);1-2H3. The predicted molar refractivity (Wildman–Crippen MR) is 129 cm³/mol. The van der Waals surface area contributed by atoms with Crippen LogP contribution in [0.4, 0.5) is 0 Å². The highest BCUT2D eigenvalue weighted by molar-refractivity contribution is 7.55. The topological polar surface area (TPSA) is 77.1 Å². The summed E-state index contributed by atoms with van der Waals surface area (Å²) in [6.07, 6.45) is 1.47. The Morgan fingerprint density at radius 3 is 2.09 bits per heavy atom. The number of amides is 1. The lowest BCUT2D eigenvalue weighted by Crippen LogP contribution is -2.43. The van der Waals surface area contributed by atoms with Crippen molar-refractivity contribution in [3.05, 3.63) is 48.0 Å². The molecule has 1 heterocycles. The van der Waals surface area contributed by atoms with Crippen molar-refractivity contribution < 1.29 is 23.4 Å². The third-order valence-corrected chi connectivity index (χ3v) is 7.57. The second kappa shape index (κ2) is 12.0. The fourth-order valence-corrected chi connectivity index (χ4v) is 4.76. The van der Waals surface area contributed by atoms with Crippen molar-refractivity contribution in [1.82, 2.24) is 9.99 Å². The predicted octanol–water partition coefficient (Wildman–Crippen LogP) is 5.06. The van der Waals surface area contributed by atoms with Crippen molar-refractivity contribution in [1.29, 1.82) is 0 Å². The summed E-state index contributed by atoms with van der Waals surface area (Å²) in [5.41, 5.74) is 2.41. The third-order valence-electron chi connectivity index (χ3n) is 5.47. The highest BCUT2D eigenvalue weighted by Gasteiger charge is 2.30. The molecular weight excluding hydrogens is 427 g/mol. The molecule has 0 bridgehead atoms. The first kappa shape index (κ1) is 25.9. The van der Waals surface area contributed by atoms with Gasteiger partial charge in [-0.25, -0.2) is 4.67 Å². The van der Waals surface area contributed by atoms with Crippen LogP contribution in [0.5, 0.6) is 11.5 Å². The fourth-order valence-electron chi connectivity index (χ4n) is 3.57. The zero-order chi connectivity index (χ0) is 23.7. The smallest absolute Gasteiger partial charge is 0.269 e. The molecule has 0 saturated carbocycles. The fraction of sp³-hybridized carbons (Fsp3) is 0.458. The maximum atomic E-state index is 12.8. The Balaban J connectivity index is 0.00000176. The summed E-state index contributed by atoms with van der Waals surface area (Å²) in [6, 6.07) is 13.2. The number of rotatable bonds is 7. The van der Waals surface area contributed by atoms with E-state index in [2.05, 4.69) is 5.32 Å². The molecular formula is C24H35N2O5P. The van der Waals surface area contributed by atoms with E-state index < -0.39 is 7.52 Å². The van der Waals surface area contributed by atoms with Crippen LogP contribution in [0.2, 0.25) is 0 Å². The first-order valence-corrected chi connectivity index (χ1v) is 12.9.